The summed E-state index contributed by atoms with van der Waals surface area (Å²) >= 11 is 0.0556. The molecule has 2 radical (unpaired) electrons. The SMILES string of the molecule is [Br-].[O]=[Pb].[Tl+]. The van der Waals surface area contributed by atoms with Gasteiger partial charge in [-0.1, -0.05) is 0 Å². The van der Waals surface area contributed by atoms with Crippen LogP contribution in [-0.4, -0.2) is 53.1 Å². The van der Waals surface area contributed by atoms with Gasteiger partial charge < -0.3 is 17.0 Å². The molecule has 0 aromatic carbocycles. The minimum Gasteiger partial charge on any atom is 1.00 e. The van der Waals surface area contributed by atoms with Crippen molar-refractivity contribution < 1.29 is 19.7 Å². The minimum absolute atomic E-state index is 0. The largest absolute Gasteiger partial charge is 1.00 e. The summed E-state index contributed by atoms with van der Waals surface area (Å²) in [7, 11) is 0. The Morgan fingerprint density at radius 3 is 1.25 bits per heavy atom. The first kappa shape index (κ1) is 16.5. The molecule has 4 heteroatoms. The second-order valence-electron chi connectivity index (χ2n) is 0. The first-order valence-electron chi connectivity index (χ1n) is 0.204. The molecular formula is BrOPbTl. The molecule has 0 aliphatic carbocycles. The van der Waals surface area contributed by atoms with Crippen molar-refractivity contribution in [3.05, 3.63) is 0 Å². The molecule has 20 valence electrons. The van der Waals surface area contributed by atoms with Crippen LogP contribution in [0, 0.1) is 0 Å². The van der Waals surface area contributed by atoms with Gasteiger partial charge in [0, 0.05) is 0 Å². The van der Waals surface area contributed by atoms with Crippen LogP contribution in [0.15, 0.2) is 0 Å². The molecule has 0 aromatic rings. The molecule has 0 spiro atoms. The number of halogens is 1. The molecule has 0 fully saturated rings. The molecule has 0 amide bonds. The third kappa shape index (κ3) is 8.92. The molecular weight excluding hydrogens is 507 g/mol. The maximum Gasteiger partial charge on any atom is 1.00 e. The smallest absolute Gasteiger partial charge is 1.00 e. The summed E-state index contributed by atoms with van der Waals surface area (Å²) < 4.78 is 8.39. The average molecular weight is 507 g/mol. The van der Waals surface area contributed by atoms with Crippen molar-refractivity contribution in [2.75, 3.05) is 0 Å². The Balaban J connectivity index is -0.00000000500. The van der Waals surface area contributed by atoms with Crippen molar-refractivity contribution in [3.63, 3.8) is 0 Å². The predicted molar refractivity (Wildman–Crippen MR) is 12.2 cm³/mol. The van der Waals surface area contributed by atoms with Crippen LogP contribution in [0.3, 0.4) is 0 Å². The number of hydrogen-bond acceptors (Lipinski definition) is 1. The van der Waals surface area contributed by atoms with Crippen LogP contribution in [0.1, 0.15) is 0 Å². The molecule has 0 unspecified atom stereocenters. The summed E-state index contributed by atoms with van der Waals surface area (Å²) in [6.45, 7) is 0. The second kappa shape index (κ2) is 19.3. The molecule has 0 bridgehead atoms. The molecule has 1 nitrogen and oxygen atoms in total. The molecule has 0 aliphatic heterocycles. The molecule has 0 heterocycles. The van der Waals surface area contributed by atoms with Crippen molar-refractivity contribution in [1.82, 2.24) is 0 Å². The van der Waals surface area contributed by atoms with Gasteiger partial charge in [0.15, 0.2) is 0 Å². The van der Waals surface area contributed by atoms with Gasteiger partial charge in [0.1, 0.15) is 0 Å². The molecule has 0 aliphatic rings. The normalized spacial score (nSPS) is 1.00. The zero-order valence-corrected chi connectivity index (χ0v) is 11.8. The third-order valence-corrected chi connectivity index (χ3v) is 0. The van der Waals surface area contributed by atoms with E-state index in [2.05, 4.69) is 0 Å². The van der Waals surface area contributed by atoms with E-state index in [1.165, 1.54) is 0 Å². The van der Waals surface area contributed by atoms with Gasteiger partial charge in [-0.05, 0) is 0 Å². The monoisotopic (exact) mass is 508 g/mol. The van der Waals surface area contributed by atoms with E-state index in [0.717, 1.165) is 0 Å². The van der Waals surface area contributed by atoms with Crippen LogP contribution in [0.5, 0.6) is 0 Å². The fourth-order valence-corrected chi connectivity index (χ4v) is 0. The van der Waals surface area contributed by atoms with Crippen LogP contribution in [0.4, 0.5) is 0 Å². The fourth-order valence-electron chi connectivity index (χ4n) is 0. The summed E-state index contributed by atoms with van der Waals surface area (Å²) in [6, 6.07) is 0. The average Bonchev–Trinajstić information content (AvgIpc) is 1.00. The van der Waals surface area contributed by atoms with Gasteiger partial charge >= 0.3 is 55.8 Å². The van der Waals surface area contributed by atoms with Crippen LogP contribution in [0.25, 0.3) is 0 Å². The van der Waals surface area contributed by atoms with E-state index >= 15 is 0 Å². The Morgan fingerprint density at radius 2 is 1.25 bits per heavy atom. The first-order valence-corrected chi connectivity index (χ1v) is 1.79. The van der Waals surface area contributed by atoms with E-state index < -0.39 is 0 Å². The molecule has 0 saturated heterocycles. The number of rotatable bonds is 0. The molecule has 0 aromatic heterocycles. The summed E-state index contributed by atoms with van der Waals surface area (Å²) in [5, 5.41) is 0. The van der Waals surface area contributed by atoms with Crippen molar-refractivity contribution in [2.45, 2.75) is 0 Å². The van der Waals surface area contributed by atoms with Gasteiger partial charge in [0.05, 0.1) is 0 Å². The maximum atomic E-state index is 8.39. The zero-order chi connectivity index (χ0) is 2.00. The molecule has 0 N–H and O–H groups in total. The van der Waals surface area contributed by atoms with Crippen molar-refractivity contribution in [3.8, 4) is 0 Å². The van der Waals surface area contributed by atoms with E-state index in [1.54, 1.807) is 0 Å². The Kier molecular flexibility index (Phi) is 79.6. The van der Waals surface area contributed by atoms with Crippen molar-refractivity contribution in [2.24, 2.45) is 0 Å². The Morgan fingerprint density at radius 1 is 1.25 bits per heavy atom. The van der Waals surface area contributed by atoms with Crippen LogP contribution < -0.4 is 17.0 Å². The van der Waals surface area contributed by atoms with E-state index in [-0.39, 0.29) is 70.1 Å². The maximum absolute atomic E-state index is 8.39. The summed E-state index contributed by atoms with van der Waals surface area (Å²) in [5.41, 5.74) is 0. The van der Waals surface area contributed by atoms with E-state index in [1.807, 2.05) is 0 Å². The van der Waals surface area contributed by atoms with Crippen LogP contribution in [-0.2, 0) is 2.69 Å². The zero-order valence-electron chi connectivity index (χ0n) is 1.86. The van der Waals surface area contributed by atoms with E-state index in [4.69, 9.17) is 2.69 Å². The van der Waals surface area contributed by atoms with Crippen LogP contribution >= 0.6 is 0 Å². The summed E-state index contributed by atoms with van der Waals surface area (Å²) in [5.74, 6) is 0. The topological polar surface area (TPSA) is 17.1 Å². The molecule has 0 rings (SSSR count). The van der Waals surface area contributed by atoms with Crippen LogP contribution in [0.2, 0.25) is 0 Å². The molecule has 4 heavy (non-hydrogen) atoms. The van der Waals surface area contributed by atoms with Gasteiger partial charge in [-0.15, -0.1) is 0 Å². The predicted octanol–water partition coefficient (Wildman–Crippen LogP) is -3.88. The standard InChI is InChI=1S/BrH.O.Pb.Tl/h1H;;;/q;;;+1/p-1. The van der Waals surface area contributed by atoms with Gasteiger partial charge in [-0.25, -0.2) is 0 Å². The Bertz CT molecular complexity index is 8.00. The Hall–Kier alpha value is 2.12. The van der Waals surface area contributed by atoms with E-state index in [0.29, 0.717) is 0 Å². The fraction of sp³-hybridized carbons (Fsp3) is 0. The second-order valence-corrected chi connectivity index (χ2v) is 0. The van der Waals surface area contributed by atoms with Gasteiger partial charge in [-0.3, -0.25) is 0 Å². The number of hydrogen-bond donors (Lipinski definition) is 0. The Labute approximate surface area is 71.6 Å². The quantitative estimate of drug-likeness (QED) is 0.307. The molecule has 0 atom stereocenters. The van der Waals surface area contributed by atoms with E-state index in [9.17, 15) is 0 Å². The van der Waals surface area contributed by atoms with Gasteiger partial charge in [-0.2, -0.15) is 0 Å². The van der Waals surface area contributed by atoms with Crippen molar-refractivity contribution >= 4 is 53.1 Å². The third-order valence-electron chi connectivity index (χ3n) is 0. The summed E-state index contributed by atoms with van der Waals surface area (Å²) in [4.78, 5) is 0. The minimum atomic E-state index is 0. The van der Waals surface area contributed by atoms with Gasteiger partial charge in [0.25, 0.3) is 0 Å². The first-order chi connectivity index (χ1) is 1.00. The molecule has 0 saturated carbocycles. The van der Waals surface area contributed by atoms with Gasteiger partial charge in [0.2, 0.25) is 0 Å². The summed E-state index contributed by atoms with van der Waals surface area (Å²) in [6.07, 6.45) is 0. The van der Waals surface area contributed by atoms with Crippen molar-refractivity contribution in [1.29, 1.82) is 0 Å².